The Morgan fingerprint density at radius 3 is 2.66 bits per heavy atom. The number of hydrogen-bond acceptors (Lipinski definition) is 4. The molecule has 2 heterocycles. The summed E-state index contributed by atoms with van der Waals surface area (Å²) in [7, 11) is 0. The number of nitrogens with zero attached hydrogens (tertiary/aromatic N) is 1. The van der Waals surface area contributed by atoms with Crippen LogP contribution in [0.25, 0.3) is 0 Å². The molecule has 182 valence electrons. The molecule has 2 fully saturated rings. The molecule has 0 N–H and O–H groups in total. The first-order chi connectivity index (χ1) is 17.2. The van der Waals surface area contributed by atoms with E-state index in [2.05, 4.69) is 29.2 Å². The second kappa shape index (κ2) is 10.1. The Morgan fingerprint density at radius 2 is 1.74 bits per heavy atom. The summed E-state index contributed by atoms with van der Waals surface area (Å²) in [5.41, 5.74) is 4.89. The maximum absolute atomic E-state index is 14.2. The first-order valence-electron chi connectivity index (χ1n) is 12.8. The maximum Gasteiger partial charge on any atom is 0.123 e. The standard InChI is InChI=1S/C30H32FNO3/c31-23-11-10-22-16-21-6-4-5-9-27(21)29-18-26(35-30(29)28(22)17-23)20-32-13-15-34-25(19-32)12-14-33-24-7-2-1-3-8-24/h1-11,17,25-26,29-30H,12-16,18-20H2/t25?,26-,29-,30+/m1/s1. The van der Waals surface area contributed by atoms with Crippen molar-refractivity contribution in [2.45, 2.75) is 43.5 Å². The van der Waals surface area contributed by atoms with Gasteiger partial charge in [0.2, 0.25) is 0 Å². The van der Waals surface area contributed by atoms with Crippen molar-refractivity contribution in [3.05, 3.63) is 101 Å². The van der Waals surface area contributed by atoms with Crippen LogP contribution in [0.2, 0.25) is 0 Å². The van der Waals surface area contributed by atoms with Gasteiger partial charge in [0.25, 0.3) is 0 Å². The molecule has 0 aromatic heterocycles. The van der Waals surface area contributed by atoms with E-state index in [1.54, 1.807) is 12.1 Å². The minimum Gasteiger partial charge on any atom is -0.493 e. The summed E-state index contributed by atoms with van der Waals surface area (Å²) < 4.78 is 32.8. The minimum atomic E-state index is -0.186. The third-order valence-corrected chi connectivity index (χ3v) is 7.61. The molecule has 3 aromatic carbocycles. The monoisotopic (exact) mass is 473 g/mol. The van der Waals surface area contributed by atoms with Crippen LogP contribution in [0.15, 0.2) is 72.8 Å². The van der Waals surface area contributed by atoms with Gasteiger partial charge in [-0.2, -0.15) is 0 Å². The second-order valence-electron chi connectivity index (χ2n) is 9.94. The summed E-state index contributed by atoms with van der Waals surface area (Å²) in [6, 6.07) is 23.8. The van der Waals surface area contributed by atoms with Crippen LogP contribution in [0, 0.1) is 5.82 Å². The highest BCUT2D eigenvalue weighted by Gasteiger charge is 2.41. The quantitative estimate of drug-likeness (QED) is 0.472. The van der Waals surface area contributed by atoms with Crippen LogP contribution in [0.4, 0.5) is 4.39 Å². The van der Waals surface area contributed by atoms with Gasteiger partial charge in [0.1, 0.15) is 11.6 Å². The lowest BCUT2D eigenvalue weighted by Gasteiger charge is -2.34. The van der Waals surface area contributed by atoms with E-state index in [1.807, 2.05) is 36.4 Å². The Hall–Kier alpha value is -2.73. The van der Waals surface area contributed by atoms with Crippen LogP contribution in [0.5, 0.6) is 5.75 Å². The van der Waals surface area contributed by atoms with Crippen LogP contribution in [0.3, 0.4) is 0 Å². The normalized spacial score (nSPS) is 25.9. The zero-order chi connectivity index (χ0) is 23.6. The summed E-state index contributed by atoms with van der Waals surface area (Å²) in [4.78, 5) is 2.46. The summed E-state index contributed by atoms with van der Waals surface area (Å²) >= 11 is 0. The number of para-hydroxylation sites is 1. The third kappa shape index (κ3) is 4.99. The first-order valence-corrected chi connectivity index (χ1v) is 12.8. The van der Waals surface area contributed by atoms with Crippen molar-refractivity contribution in [1.82, 2.24) is 4.90 Å². The molecule has 5 heteroatoms. The molecule has 4 nitrogen and oxygen atoms in total. The van der Waals surface area contributed by atoms with E-state index in [1.165, 1.54) is 16.7 Å². The number of halogens is 1. The van der Waals surface area contributed by atoms with Crippen molar-refractivity contribution in [3.63, 3.8) is 0 Å². The van der Waals surface area contributed by atoms with Gasteiger partial charge in [-0.15, -0.1) is 0 Å². The smallest absolute Gasteiger partial charge is 0.123 e. The molecular weight excluding hydrogens is 441 g/mol. The van der Waals surface area contributed by atoms with E-state index < -0.39 is 0 Å². The van der Waals surface area contributed by atoms with Crippen molar-refractivity contribution in [1.29, 1.82) is 0 Å². The van der Waals surface area contributed by atoms with Crippen LogP contribution in [-0.2, 0) is 15.9 Å². The second-order valence-corrected chi connectivity index (χ2v) is 9.94. The lowest BCUT2D eigenvalue weighted by atomic mass is 9.87. The molecule has 2 saturated heterocycles. The molecule has 2 aliphatic heterocycles. The van der Waals surface area contributed by atoms with Crippen molar-refractivity contribution < 1.29 is 18.6 Å². The Balaban J connectivity index is 1.12. The fraction of sp³-hybridized carbons (Fsp3) is 0.400. The lowest BCUT2D eigenvalue weighted by Crippen LogP contribution is -2.45. The van der Waals surface area contributed by atoms with E-state index in [-0.39, 0.29) is 30.0 Å². The average molecular weight is 474 g/mol. The van der Waals surface area contributed by atoms with E-state index in [0.29, 0.717) is 6.61 Å². The highest BCUT2D eigenvalue weighted by atomic mass is 19.1. The van der Waals surface area contributed by atoms with Crippen molar-refractivity contribution >= 4 is 0 Å². The molecule has 3 aromatic rings. The molecule has 0 amide bonds. The Bertz CT molecular complexity index is 1150. The summed E-state index contributed by atoms with van der Waals surface area (Å²) in [6.07, 6.45) is 2.84. The predicted octanol–water partition coefficient (Wildman–Crippen LogP) is 5.51. The number of benzene rings is 3. The van der Waals surface area contributed by atoms with Gasteiger partial charge in [0, 0.05) is 32.0 Å². The number of ether oxygens (including phenoxy) is 3. The Morgan fingerprint density at radius 1 is 0.914 bits per heavy atom. The number of morpholine rings is 1. The van der Waals surface area contributed by atoms with Gasteiger partial charge in [0.05, 0.1) is 31.5 Å². The molecule has 35 heavy (non-hydrogen) atoms. The van der Waals surface area contributed by atoms with Crippen LogP contribution < -0.4 is 4.74 Å². The third-order valence-electron chi connectivity index (χ3n) is 7.61. The van der Waals surface area contributed by atoms with Crippen molar-refractivity contribution in [2.75, 3.05) is 32.8 Å². The minimum absolute atomic E-state index is 0.0922. The lowest BCUT2D eigenvalue weighted by molar-refractivity contribution is -0.0560. The van der Waals surface area contributed by atoms with Crippen LogP contribution in [-0.4, -0.2) is 50.0 Å². The van der Waals surface area contributed by atoms with E-state index in [9.17, 15) is 4.39 Å². The van der Waals surface area contributed by atoms with Crippen molar-refractivity contribution in [3.8, 4) is 5.75 Å². The fourth-order valence-corrected chi connectivity index (χ4v) is 5.95. The van der Waals surface area contributed by atoms with Crippen LogP contribution in [0.1, 0.15) is 47.1 Å². The topological polar surface area (TPSA) is 30.9 Å². The van der Waals surface area contributed by atoms with Crippen molar-refractivity contribution in [2.24, 2.45) is 0 Å². The van der Waals surface area contributed by atoms with Gasteiger partial charge in [-0.1, -0.05) is 48.5 Å². The SMILES string of the molecule is Fc1ccc2c(c1)[C@@H]1O[C@@H](CN3CCOC(CCOc4ccccc4)C3)C[C@@H]1c1ccccc1C2. The van der Waals surface area contributed by atoms with Gasteiger partial charge in [-0.05, 0) is 59.4 Å². The summed E-state index contributed by atoms with van der Waals surface area (Å²) in [5, 5.41) is 0. The molecule has 1 unspecified atom stereocenters. The molecule has 4 atom stereocenters. The molecule has 1 aliphatic carbocycles. The van der Waals surface area contributed by atoms with E-state index in [4.69, 9.17) is 14.2 Å². The zero-order valence-electron chi connectivity index (χ0n) is 19.9. The predicted molar refractivity (Wildman–Crippen MR) is 133 cm³/mol. The highest BCUT2D eigenvalue weighted by molar-refractivity contribution is 5.45. The number of fused-ring (bicyclic) bond motifs is 5. The van der Waals surface area contributed by atoms with E-state index in [0.717, 1.165) is 56.8 Å². The summed E-state index contributed by atoms with van der Waals surface area (Å²) in [5.74, 6) is 0.972. The Labute approximate surface area is 206 Å². The molecule has 6 rings (SSSR count). The van der Waals surface area contributed by atoms with E-state index >= 15 is 0 Å². The molecule has 0 bridgehead atoms. The average Bonchev–Trinajstić information content (AvgIpc) is 3.24. The van der Waals surface area contributed by atoms with Gasteiger partial charge in [-0.3, -0.25) is 4.90 Å². The molecule has 0 radical (unpaired) electrons. The van der Waals surface area contributed by atoms with Gasteiger partial charge >= 0.3 is 0 Å². The molecule has 3 aliphatic rings. The largest absolute Gasteiger partial charge is 0.493 e. The first kappa shape index (κ1) is 22.7. The number of hydrogen-bond donors (Lipinski definition) is 0. The molecular formula is C30H32FNO3. The fourth-order valence-electron chi connectivity index (χ4n) is 5.95. The Kier molecular flexibility index (Phi) is 6.55. The zero-order valence-corrected chi connectivity index (χ0v) is 19.9. The van der Waals surface area contributed by atoms with Gasteiger partial charge < -0.3 is 14.2 Å². The molecule has 0 spiro atoms. The highest BCUT2D eigenvalue weighted by Crippen LogP contribution is 2.49. The van der Waals surface area contributed by atoms with Gasteiger partial charge in [0.15, 0.2) is 0 Å². The summed E-state index contributed by atoms with van der Waals surface area (Å²) in [6.45, 7) is 4.04. The van der Waals surface area contributed by atoms with Crippen LogP contribution >= 0.6 is 0 Å². The number of rotatable bonds is 6. The van der Waals surface area contributed by atoms with Gasteiger partial charge in [-0.25, -0.2) is 4.39 Å². The maximum atomic E-state index is 14.2. The molecule has 0 saturated carbocycles.